The zero-order chi connectivity index (χ0) is 21.6. The van der Waals surface area contributed by atoms with Crippen LogP contribution in [0.2, 0.25) is 0 Å². The van der Waals surface area contributed by atoms with Gasteiger partial charge in [0.05, 0.1) is 6.04 Å². The minimum absolute atomic E-state index is 0.0507. The number of likely N-dealkylation sites (tertiary alicyclic amines) is 1. The first-order valence-corrected chi connectivity index (χ1v) is 11.2. The second kappa shape index (κ2) is 7.77. The fraction of sp³-hybridized carbons (Fsp3) is 0.500. The van der Waals surface area contributed by atoms with Gasteiger partial charge in [-0.1, -0.05) is 6.07 Å². The molecule has 5 heterocycles. The smallest absolute Gasteiger partial charge is 0.355 e. The molecule has 3 aromatic heterocycles. The number of nitrogens with zero attached hydrogens (tertiary/aromatic N) is 6. The van der Waals surface area contributed by atoms with Crippen LogP contribution < -0.4 is 4.90 Å². The molecule has 1 unspecified atom stereocenters. The highest BCUT2D eigenvalue weighted by Gasteiger charge is 2.38. The number of piperidine rings is 1. The van der Waals surface area contributed by atoms with E-state index in [9.17, 15) is 18.0 Å². The fourth-order valence-electron chi connectivity index (χ4n) is 4.52. The average Bonchev–Trinajstić information content (AvgIpc) is 3.52. The first-order valence-electron chi connectivity index (χ1n) is 10.3. The lowest BCUT2D eigenvalue weighted by atomic mass is 9.95. The minimum atomic E-state index is -4.63. The van der Waals surface area contributed by atoms with Crippen molar-refractivity contribution in [2.75, 3.05) is 24.5 Å². The Labute approximate surface area is 180 Å². The normalized spacial score (nSPS) is 20.7. The summed E-state index contributed by atoms with van der Waals surface area (Å²) in [6.07, 6.45) is -1.31. The molecule has 5 rings (SSSR count). The van der Waals surface area contributed by atoms with Crippen LogP contribution in [0.3, 0.4) is 0 Å². The maximum absolute atomic E-state index is 13.2. The molecule has 3 aromatic rings. The third kappa shape index (κ3) is 3.75. The first-order chi connectivity index (χ1) is 14.9. The van der Waals surface area contributed by atoms with E-state index < -0.39 is 12.0 Å². The number of anilines is 1. The Kier molecular flexibility index (Phi) is 5.07. The summed E-state index contributed by atoms with van der Waals surface area (Å²) in [5, 5.41) is 12.9. The lowest BCUT2D eigenvalue weighted by Crippen LogP contribution is -2.42. The van der Waals surface area contributed by atoms with Crippen molar-refractivity contribution in [3.05, 3.63) is 40.3 Å². The van der Waals surface area contributed by atoms with Gasteiger partial charge in [0.25, 0.3) is 5.82 Å². The Balaban J connectivity index is 1.28. The molecule has 0 aliphatic carbocycles. The molecule has 0 aromatic carbocycles. The third-order valence-electron chi connectivity index (χ3n) is 6.08. The molecule has 0 spiro atoms. The highest BCUT2D eigenvalue weighted by molar-refractivity contribution is 7.10. The minimum Gasteiger partial charge on any atom is -0.355 e. The molecule has 31 heavy (non-hydrogen) atoms. The fourth-order valence-corrected chi connectivity index (χ4v) is 5.40. The molecule has 2 aliphatic heterocycles. The van der Waals surface area contributed by atoms with Crippen LogP contribution in [0.25, 0.3) is 5.65 Å². The van der Waals surface area contributed by atoms with E-state index in [1.807, 2.05) is 21.2 Å². The van der Waals surface area contributed by atoms with Crippen LogP contribution in [0.15, 0.2) is 29.6 Å². The van der Waals surface area contributed by atoms with Gasteiger partial charge in [0.15, 0.2) is 5.65 Å². The number of hydrogen-bond donors (Lipinski definition) is 0. The molecule has 1 amide bonds. The molecule has 7 nitrogen and oxygen atoms in total. The monoisotopic (exact) mass is 450 g/mol. The molecular formula is C20H21F3N6OS. The number of amides is 1. The number of thiophene rings is 1. The maximum atomic E-state index is 13.2. The molecular weight excluding hydrogens is 429 g/mol. The van der Waals surface area contributed by atoms with Gasteiger partial charge in [-0.25, -0.2) is 0 Å². The second-order valence-electron chi connectivity index (χ2n) is 7.95. The molecule has 0 bridgehead atoms. The number of aromatic nitrogens is 4. The summed E-state index contributed by atoms with van der Waals surface area (Å²) in [6.45, 7) is 1.92. The van der Waals surface area contributed by atoms with Crippen molar-refractivity contribution < 1.29 is 18.0 Å². The van der Waals surface area contributed by atoms with Crippen molar-refractivity contribution in [1.82, 2.24) is 24.7 Å². The summed E-state index contributed by atoms with van der Waals surface area (Å²) in [5.74, 6) is -0.581. The molecule has 2 aliphatic rings. The van der Waals surface area contributed by atoms with Gasteiger partial charge in [-0.15, -0.1) is 26.6 Å². The van der Waals surface area contributed by atoms with Gasteiger partial charge in [-0.05, 0) is 49.3 Å². The summed E-state index contributed by atoms with van der Waals surface area (Å²) in [7, 11) is 0. The number of carbonyl (C=O) groups excluding carboxylic acids is 1. The Bertz CT molecular complexity index is 1070. The molecule has 0 N–H and O–H groups in total. The predicted octanol–water partition coefficient (Wildman–Crippen LogP) is 3.78. The zero-order valence-electron chi connectivity index (χ0n) is 16.6. The number of fused-ring (bicyclic) bond motifs is 1. The summed E-state index contributed by atoms with van der Waals surface area (Å²) in [6, 6.07) is 7.41. The van der Waals surface area contributed by atoms with Crippen molar-refractivity contribution in [2.45, 2.75) is 37.9 Å². The van der Waals surface area contributed by atoms with E-state index in [4.69, 9.17) is 0 Å². The van der Waals surface area contributed by atoms with Crippen LogP contribution in [0.5, 0.6) is 0 Å². The van der Waals surface area contributed by atoms with Crippen molar-refractivity contribution in [2.24, 2.45) is 5.92 Å². The van der Waals surface area contributed by atoms with Crippen LogP contribution in [0.4, 0.5) is 19.0 Å². The molecule has 164 valence electrons. The topological polar surface area (TPSA) is 66.6 Å². The third-order valence-corrected chi connectivity index (χ3v) is 7.05. The Hall–Kier alpha value is -2.69. The summed E-state index contributed by atoms with van der Waals surface area (Å²) >= 11 is 1.69. The van der Waals surface area contributed by atoms with Crippen molar-refractivity contribution >= 4 is 28.7 Å². The van der Waals surface area contributed by atoms with Gasteiger partial charge in [-0.2, -0.15) is 17.7 Å². The van der Waals surface area contributed by atoms with Crippen LogP contribution in [0.1, 0.15) is 42.4 Å². The Morgan fingerprint density at radius 1 is 1.06 bits per heavy atom. The number of halogens is 3. The highest BCUT2D eigenvalue weighted by Crippen LogP contribution is 2.37. The number of carbonyl (C=O) groups is 1. The van der Waals surface area contributed by atoms with Crippen LogP contribution in [0, 0.1) is 5.92 Å². The first kappa shape index (κ1) is 20.2. The average molecular weight is 450 g/mol. The summed E-state index contributed by atoms with van der Waals surface area (Å²) < 4.78 is 40.1. The van der Waals surface area contributed by atoms with Gasteiger partial charge in [0.2, 0.25) is 5.91 Å². The Morgan fingerprint density at radius 2 is 1.87 bits per heavy atom. The van der Waals surface area contributed by atoms with Gasteiger partial charge < -0.3 is 9.80 Å². The maximum Gasteiger partial charge on any atom is 0.453 e. The molecule has 0 saturated carbocycles. The van der Waals surface area contributed by atoms with E-state index in [-0.39, 0.29) is 23.5 Å². The van der Waals surface area contributed by atoms with Gasteiger partial charge in [0.1, 0.15) is 5.82 Å². The van der Waals surface area contributed by atoms with Gasteiger partial charge in [-0.3, -0.25) is 4.79 Å². The van der Waals surface area contributed by atoms with Crippen molar-refractivity contribution in [3.63, 3.8) is 0 Å². The van der Waals surface area contributed by atoms with Crippen LogP contribution in [-0.2, 0) is 11.0 Å². The van der Waals surface area contributed by atoms with Crippen LogP contribution in [-0.4, -0.2) is 50.3 Å². The number of hydrogen-bond acceptors (Lipinski definition) is 6. The van der Waals surface area contributed by atoms with E-state index in [0.29, 0.717) is 31.7 Å². The number of alkyl halides is 3. The highest BCUT2D eigenvalue weighted by atomic mass is 32.1. The SMILES string of the molecule is O=C(C1CCN(c2ccc3nnc(C(F)(F)F)n3n2)CC1)N1CCCC1c1cccs1. The summed E-state index contributed by atoms with van der Waals surface area (Å²) in [5.41, 5.74) is 0.0507. The lowest BCUT2D eigenvalue weighted by molar-refractivity contribution is -0.146. The summed E-state index contributed by atoms with van der Waals surface area (Å²) in [4.78, 5) is 18.4. The second-order valence-corrected chi connectivity index (χ2v) is 8.93. The van der Waals surface area contributed by atoms with Crippen molar-refractivity contribution in [3.8, 4) is 0 Å². The zero-order valence-corrected chi connectivity index (χ0v) is 17.4. The molecule has 2 saturated heterocycles. The lowest BCUT2D eigenvalue weighted by Gasteiger charge is -2.35. The van der Waals surface area contributed by atoms with Gasteiger partial charge >= 0.3 is 6.18 Å². The van der Waals surface area contributed by atoms with E-state index in [1.54, 1.807) is 17.4 Å². The van der Waals surface area contributed by atoms with Crippen LogP contribution >= 0.6 is 11.3 Å². The molecule has 0 radical (unpaired) electrons. The van der Waals surface area contributed by atoms with E-state index >= 15 is 0 Å². The quantitative estimate of drug-likeness (QED) is 0.608. The van der Waals surface area contributed by atoms with Crippen molar-refractivity contribution in [1.29, 1.82) is 0 Å². The van der Waals surface area contributed by atoms with E-state index in [2.05, 4.69) is 21.4 Å². The molecule has 2 fully saturated rings. The number of rotatable bonds is 3. The largest absolute Gasteiger partial charge is 0.453 e. The van der Waals surface area contributed by atoms with E-state index in [0.717, 1.165) is 23.9 Å². The van der Waals surface area contributed by atoms with Gasteiger partial charge in [0, 0.05) is 30.4 Å². The van der Waals surface area contributed by atoms with E-state index in [1.165, 1.54) is 10.9 Å². The Morgan fingerprint density at radius 3 is 2.58 bits per heavy atom. The standard InChI is InChI=1S/C20H21F3N6OS/c21-20(22,23)19-25-24-16-5-6-17(26-29(16)19)27-10-7-13(8-11-27)18(30)28-9-1-3-14(28)15-4-2-12-31-15/h2,4-6,12-14H,1,3,7-11H2. The molecule has 11 heteroatoms. The predicted molar refractivity (Wildman–Crippen MR) is 109 cm³/mol. The molecule has 1 atom stereocenters.